The van der Waals surface area contributed by atoms with Crippen LogP contribution in [0.15, 0.2) is 87.2 Å². The Balaban J connectivity index is 1.35. The van der Waals surface area contributed by atoms with Gasteiger partial charge in [-0.15, -0.1) is 0 Å². The largest absolute Gasteiger partial charge is 0.489 e. The minimum absolute atomic E-state index is 0.225. The van der Waals surface area contributed by atoms with Crippen LogP contribution in [0.2, 0.25) is 0 Å². The van der Waals surface area contributed by atoms with E-state index in [-0.39, 0.29) is 11.1 Å². The molecule has 3 aromatic carbocycles. The van der Waals surface area contributed by atoms with Gasteiger partial charge < -0.3 is 14.4 Å². The number of nitrogens with zero attached hydrogens (tertiary/aromatic N) is 4. The molecule has 0 spiro atoms. The van der Waals surface area contributed by atoms with Gasteiger partial charge in [-0.1, -0.05) is 28.1 Å². The van der Waals surface area contributed by atoms with E-state index in [0.717, 1.165) is 32.7 Å². The van der Waals surface area contributed by atoms with Crippen LogP contribution in [0.4, 0.5) is 0 Å². The van der Waals surface area contributed by atoms with E-state index in [1.165, 1.54) is 4.68 Å². The number of aromatic carboxylic acids is 1. The number of benzene rings is 3. The molecule has 0 bridgehead atoms. The second-order valence-electron chi connectivity index (χ2n) is 9.13. The van der Waals surface area contributed by atoms with E-state index in [4.69, 9.17) is 9.84 Å². The van der Waals surface area contributed by atoms with Gasteiger partial charge in [0.1, 0.15) is 18.2 Å². The minimum atomic E-state index is -0.953. The molecule has 5 rings (SSSR count). The molecule has 196 valence electrons. The molecule has 0 atom stereocenters. The number of carbonyl (C=O) groups is 1. The van der Waals surface area contributed by atoms with Crippen LogP contribution >= 0.6 is 15.9 Å². The summed E-state index contributed by atoms with van der Waals surface area (Å²) in [6.45, 7) is 6.12. The van der Waals surface area contributed by atoms with E-state index in [1.807, 2.05) is 56.3 Å². The van der Waals surface area contributed by atoms with Crippen LogP contribution in [-0.2, 0) is 6.61 Å². The first-order chi connectivity index (χ1) is 18.7. The number of halogens is 1. The van der Waals surface area contributed by atoms with Crippen molar-refractivity contribution in [2.75, 3.05) is 0 Å². The maximum absolute atomic E-state index is 13.1. The molecule has 5 aromatic rings. The third-order valence-electron chi connectivity index (χ3n) is 6.45. The predicted molar refractivity (Wildman–Crippen MR) is 154 cm³/mol. The average Bonchev–Trinajstić information content (AvgIpc) is 3.21. The maximum atomic E-state index is 13.1. The first-order valence-electron chi connectivity index (χ1n) is 12.2. The molecule has 0 amide bonds. The zero-order valence-corrected chi connectivity index (χ0v) is 23.1. The number of carboxylic acids is 1. The van der Waals surface area contributed by atoms with Crippen molar-refractivity contribution in [2.24, 2.45) is 5.10 Å². The highest BCUT2D eigenvalue weighted by atomic mass is 79.9. The molecular formula is C30H25BrN4O4. The van der Waals surface area contributed by atoms with E-state index >= 15 is 0 Å². The Labute approximate surface area is 233 Å². The lowest BCUT2D eigenvalue weighted by Gasteiger charge is -2.12. The van der Waals surface area contributed by atoms with Crippen molar-refractivity contribution in [2.45, 2.75) is 27.4 Å². The summed E-state index contributed by atoms with van der Waals surface area (Å²) in [5, 5.41) is 14.0. The molecule has 0 aliphatic carbocycles. The van der Waals surface area contributed by atoms with Crippen LogP contribution in [0.1, 0.15) is 38.7 Å². The smallest absolute Gasteiger partial charge is 0.335 e. The van der Waals surface area contributed by atoms with Gasteiger partial charge in [-0.25, -0.2) is 9.78 Å². The summed E-state index contributed by atoms with van der Waals surface area (Å²) in [6.07, 6.45) is 1.69. The second-order valence-corrected chi connectivity index (χ2v) is 10.0. The number of hydrogen-bond donors (Lipinski definition) is 1. The van der Waals surface area contributed by atoms with E-state index in [0.29, 0.717) is 29.1 Å². The molecule has 2 aromatic heterocycles. The summed E-state index contributed by atoms with van der Waals surface area (Å²) in [7, 11) is 0. The molecule has 1 N–H and O–H groups in total. The van der Waals surface area contributed by atoms with Crippen LogP contribution in [0, 0.1) is 20.8 Å². The van der Waals surface area contributed by atoms with Gasteiger partial charge in [0.15, 0.2) is 0 Å². The normalized spacial score (nSPS) is 11.4. The molecule has 0 aliphatic heterocycles. The number of hydrogen-bond acceptors (Lipinski definition) is 5. The second kappa shape index (κ2) is 10.7. The summed E-state index contributed by atoms with van der Waals surface area (Å²) in [5.74, 6) is 0.259. The number of aryl methyl sites for hydroxylation is 2. The number of rotatable bonds is 7. The quantitative estimate of drug-likeness (QED) is 0.235. The fraction of sp³-hybridized carbons (Fsp3) is 0.133. The lowest BCUT2D eigenvalue weighted by Crippen LogP contribution is -2.20. The molecular weight excluding hydrogens is 560 g/mol. The third kappa shape index (κ3) is 5.39. The van der Waals surface area contributed by atoms with Gasteiger partial charge in [0.2, 0.25) is 0 Å². The van der Waals surface area contributed by atoms with Crippen LogP contribution in [-0.4, -0.2) is 31.5 Å². The highest BCUT2D eigenvalue weighted by Crippen LogP contribution is 2.23. The number of fused-ring (bicyclic) bond motifs is 1. The van der Waals surface area contributed by atoms with E-state index < -0.39 is 5.97 Å². The van der Waals surface area contributed by atoms with Crippen molar-refractivity contribution in [3.63, 3.8) is 0 Å². The van der Waals surface area contributed by atoms with Crippen molar-refractivity contribution in [3.05, 3.63) is 122 Å². The molecule has 39 heavy (non-hydrogen) atoms. The highest BCUT2D eigenvalue weighted by Gasteiger charge is 2.12. The van der Waals surface area contributed by atoms with Gasteiger partial charge in [-0.05, 0) is 87.0 Å². The maximum Gasteiger partial charge on any atom is 0.335 e. The standard InChI is InChI=1S/C30H25BrN4O4/c1-18-14-23(16-32-35-20(3)33-28-13-8-24(31)15-27(28)29(35)36)19(2)34(18)25-9-11-26(12-10-25)39-17-21-4-6-22(7-5-21)30(37)38/h4-16H,17H2,1-3H3,(H,37,38). The topological polar surface area (TPSA) is 98.7 Å². The number of aromatic nitrogens is 3. The fourth-order valence-electron chi connectivity index (χ4n) is 4.43. The lowest BCUT2D eigenvalue weighted by atomic mass is 10.1. The first kappa shape index (κ1) is 26.1. The zero-order valence-electron chi connectivity index (χ0n) is 21.6. The Hall–Kier alpha value is -4.50. The van der Waals surface area contributed by atoms with E-state index in [1.54, 1.807) is 43.5 Å². The molecule has 2 heterocycles. The SMILES string of the molecule is Cc1cc(C=Nn2c(C)nc3ccc(Br)cc3c2=O)c(C)n1-c1ccc(OCc2ccc(C(=O)O)cc2)cc1. The van der Waals surface area contributed by atoms with Crippen molar-refractivity contribution in [1.29, 1.82) is 0 Å². The van der Waals surface area contributed by atoms with Gasteiger partial charge >= 0.3 is 5.97 Å². The van der Waals surface area contributed by atoms with Crippen LogP contribution in [0.25, 0.3) is 16.6 Å². The number of ether oxygens (including phenoxy) is 1. The van der Waals surface area contributed by atoms with Crippen LogP contribution in [0.3, 0.4) is 0 Å². The van der Waals surface area contributed by atoms with Crippen molar-refractivity contribution in [3.8, 4) is 11.4 Å². The van der Waals surface area contributed by atoms with Crippen molar-refractivity contribution in [1.82, 2.24) is 14.2 Å². The summed E-state index contributed by atoms with van der Waals surface area (Å²) in [5.41, 5.74) is 5.39. The summed E-state index contributed by atoms with van der Waals surface area (Å²) in [4.78, 5) is 28.6. The van der Waals surface area contributed by atoms with Gasteiger partial charge in [-0.2, -0.15) is 9.78 Å². The van der Waals surface area contributed by atoms with Crippen LogP contribution in [0.5, 0.6) is 5.75 Å². The lowest BCUT2D eigenvalue weighted by molar-refractivity contribution is 0.0697. The molecule has 0 saturated carbocycles. The van der Waals surface area contributed by atoms with Gasteiger partial charge in [0, 0.05) is 27.1 Å². The Bertz CT molecular complexity index is 1790. The summed E-state index contributed by atoms with van der Waals surface area (Å²) < 4.78 is 10.1. The minimum Gasteiger partial charge on any atom is -0.489 e. The molecule has 9 heteroatoms. The molecule has 8 nitrogen and oxygen atoms in total. The zero-order chi connectivity index (χ0) is 27.7. The summed E-state index contributed by atoms with van der Waals surface area (Å²) in [6, 6.07) is 21.8. The molecule has 0 unspecified atom stereocenters. The Morgan fingerprint density at radius 2 is 1.74 bits per heavy atom. The molecule has 0 radical (unpaired) electrons. The van der Waals surface area contributed by atoms with Crippen molar-refractivity contribution < 1.29 is 14.6 Å². The Morgan fingerprint density at radius 1 is 1.03 bits per heavy atom. The van der Waals surface area contributed by atoms with E-state index in [2.05, 4.69) is 30.6 Å². The molecule has 0 saturated heterocycles. The Morgan fingerprint density at radius 3 is 2.44 bits per heavy atom. The number of carboxylic acid groups (broad SMARTS) is 1. The highest BCUT2D eigenvalue weighted by molar-refractivity contribution is 9.10. The van der Waals surface area contributed by atoms with Gasteiger partial charge in [0.05, 0.1) is 22.7 Å². The Kier molecular flexibility index (Phi) is 7.17. The van der Waals surface area contributed by atoms with Gasteiger partial charge in [-0.3, -0.25) is 4.79 Å². The fourth-order valence-corrected chi connectivity index (χ4v) is 4.79. The predicted octanol–water partition coefficient (Wildman–Crippen LogP) is 6.03. The third-order valence-corrected chi connectivity index (χ3v) is 6.95. The first-order valence-corrected chi connectivity index (χ1v) is 13.0. The van der Waals surface area contributed by atoms with Gasteiger partial charge in [0.25, 0.3) is 5.56 Å². The molecule has 0 aliphatic rings. The molecule has 0 fully saturated rings. The summed E-state index contributed by atoms with van der Waals surface area (Å²) >= 11 is 3.42. The van der Waals surface area contributed by atoms with Crippen molar-refractivity contribution >= 4 is 39.0 Å². The average molecular weight is 585 g/mol. The monoisotopic (exact) mass is 584 g/mol. The van der Waals surface area contributed by atoms with Crippen LogP contribution < -0.4 is 10.3 Å². The van der Waals surface area contributed by atoms with E-state index in [9.17, 15) is 9.59 Å².